The molecule has 1 heterocycles. The lowest BCUT2D eigenvalue weighted by atomic mass is 10.0. The molecule has 0 saturated carbocycles. The summed E-state index contributed by atoms with van der Waals surface area (Å²) < 4.78 is 79.7. The number of piperidine rings is 1. The maximum Gasteiger partial charge on any atom is 0.417 e. The summed E-state index contributed by atoms with van der Waals surface area (Å²) in [6, 6.07) is 8.46. The van der Waals surface area contributed by atoms with Gasteiger partial charge in [-0.3, -0.25) is 4.79 Å². The fourth-order valence-electron chi connectivity index (χ4n) is 3.19. The van der Waals surface area contributed by atoms with Crippen molar-refractivity contribution in [3.63, 3.8) is 0 Å². The second-order valence-corrected chi connectivity index (χ2v) is 8.37. The van der Waals surface area contributed by atoms with E-state index in [1.54, 1.807) is 0 Å². The molecule has 3 rings (SSSR count). The third kappa shape index (κ3) is 4.94. The molecule has 0 unspecified atom stereocenters. The number of carbonyl (C=O) groups excluding carboxylic acids is 1. The van der Waals surface area contributed by atoms with E-state index in [1.165, 1.54) is 35.2 Å². The fourth-order valence-corrected chi connectivity index (χ4v) is 4.73. The number of hydrogen-bond acceptors (Lipinski definition) is 3. The number of benzene rings is 2. The van der Waals surface area contributed by atoms with Gasteiger partial charge in [0.25, 0.3) is 5.91 Å². The van der Waals surface area contributed by atoms with Crippen LogP contribution in [0.5, 0.6) is 0 Å². The fraction of sp³-hybridized carbons (Fsp3) is 0.316. The van der Waals surface area contributed by atoms with Crippen LogP contribution < -0.4 is 4.72 Å². The smallest absolute Gasteiger partial charge is 0.339 e. The molecule has 156 valence electrons. The third-order valence-electron chi connectivity index (χ3n) is 4.68. The maximum atomic E-state index is 13.1. The molecule has 2 aromatic rings. The van der Waals surface area contributed by atoms with Gasteiger partial charge in [-0.15, -0.1) is 0 Å². The molecule has 0 bridgehead atoms. The van der Waals surface area contributed by atoms with Gasteiger partial charge in [0.1, 0.15) is 5.82 Å². The van der Waals surface area contributed by atoms with Gasteiger partial charge in [0, 0.05) is 24.7 Å². The van der Waals surface area contributed by atoms with Crippen molar-refractivity contribution in [2.75, 3.05) is 13.1 Å². The van der Waals surface area contributed by atoms with E-state index in [-0.39, 0.29) is 31.8 Å². The van der Waals surface area contributed by atoms with Crippen LogP contribution in [0.1, 0.15) is 28.8 Å². The van der Waals surface area contributed by atoms with E-state index in [4.69, 9.17) is 0 Å². The Bertz CT molecular complexity index is 983. The van der Waals surface area contributed by atoms with Crippen molar-refractivity contribution in [1.29, 1.82) is 0 Å². The van der Waals surface area contributed by atoms with Crippen molar-refractivity contribution in [3.8, 4) is 0 Å². The molecule has 1 N–H and O–H groups in total. The highest BCUT2D eigenvalue weighted by atomic mass is 32.2. The first-order valence-electron chi connectivity index (χ1n) is 8.81. The quantitative estimate of drug-likeness (QED) is 0.756. The number of nitrogens with one attached hydrogen (secondary N) is 1. The molecule has 29 heavy (non-hydrogen) atoms. The minimum Gasteiger partial charge on any atom is -0.339 e. The molecule has 10 heteroatoms. The number of sulfonamides is 1. The second-order valence-electron chi connectivity index (χ2n) is 6.69. The number of carbonyl (C=O) groups is 1. The Balaban J connectivity index is 1.66. The Hall–Kier alpha value is -2.46. The van der Waals surface area contributed by atoms with E-state index >= 15 is 0 Å². The van der Waals surface area contributed by atoms with Crippen LogP contribution in [0.15, 0.2) is 53.4 Å². The van der Waals surface area contributed by atoms with Crippen LogP contribution >= 0.6 is 0 Å². The maximum absolute atomic E-state index is 13.1. The monoisotopic (exact) mass is 430 g/mol. The summed E-state index contributed by atoms with van der Waals surface area (Å²) >= 11 is 0. The largest absolute Gasteiger partial charge is 0.417 e. The number of nitrogens with zero attached hydrogens (tertiary/aromatic N) is 1. The molecule has 0 spiro atoms. The predicted molar refractivity (Wildman–Crippen MR) is 97.1 cm³/mol. The Labute approximate surface area is 165 Å². The standard InChI is InChI=1S/C19H18F4N2O3S/c20-14-7-5-13(6-8-14)18(26)25-11-9-15(10-12-25)24-29(27,28)17-4-2-1-3-16(17)19(21,22)23/h1-8,15,24H,9-12H2. The molecule has 1 amide bonds. The Morgan fingerprint density at radius 1 is 1.00 bits per heavy atom. The summed E-state index contributed by atoms with van der Waals surface area (Å²) in [4.78, 5) is 13.1. The van der Waals surface area contributed by atoms with Gasteiger partial charge in [0.15, 0.2) is 0 Å². The normalized spacial score (nSPS) is 16.1. The van der Waals surface area contributed by atoms with Crippen molar-refractivity contribution < 1.29 is 30.8 Å². The van der Waals surface area contributed by atoms with Crippen molar-refractivity contribution in [2.24, 2.45) is 0 Å². The lowest BCUT2D eigenvalue weighted by Crippen LogP contribution is -2.46. The van der Waals surface area contributed by atoms with E-state index in [1.807, 2.05) is 0 Å². The number of rotatable bonds is 4. The van der Waals surface area contributed by atoms with Crippen LogP contribution in [-0.4, -0.2) is 38.4 Å². The van der Waals surface area contributed by atoms with Crippen molar-refractivity contribution in [2.45, 2.75) is 30.0 Å². The molecular weight excluding hydrogens is 412 g/mol. The number of amides is 1. The van der Waals surface area contributed by atoms with Crippen LogP contribution in [0.4, 0.5) is 17.6 Å². The van der Waals surface area contributed by atoms with Crippen LogP contribution in [0.3, 0.4) is 0 Å². The molecule has 1 saturated heterocycles. The van der Waals surface area contributed by atoms with E-state index in [0.29, 0.717) is 5.56 Å². The molecule has 0 atom stereocenters. The molecule has 0 aromatic heterocycles. The van der Waals surface area contributed by atoms with Gasteiger partial charge in [-0.25, -0.2) is 17.5 Å². The molecule has 5 nitrogen and oxygen atoms in total. The van der Waals surface area contributed by atoms with Crippen LogP contribution in [-0.2, 0) is 16.2 Å². The van der Waals surface area contributed by atoms with E-state index in [2.05, 4.69) is 4.72 Å². The van der Waals surface area contributed by atoms with E-state index < -0.39 is 38.5 Å². The van der Waals surface area contributed by atoms with Gasteiger partial charge >= 0.3 is 6.18 Å². The number of likely N-dealkylation sites (tertiary alicyclic amines) is 1. The van der Waals surface area contributed by atoms with Crippen molar-refractivity contribution >= 4 is 15.9 Å². The predicted octanol–water partition coefficient (Wildman–Crippen LogP) is 3.43. The zero-order valence-corrected chi connectivity index (χ0v) is 15.9. The lowest BCUT2D eigenvalue weighted by molar-refractivity contribution is -0.139. The first-order chi connectivity index (χ1) is 13.6. The Morgan fingerprint density at radius 2 is 1.59 bits per heavy atom. The number of hydrogen-bond donors (Lipinski definition) is 1. The average molecular weight is 430 g/mol. The molecule has 2 aromatic carbocycles. The van der Waals surface area contributed by atoms with Gasteiger partial charge < -0.3 is 4.90 Å². The highest BCUT2D eigenvalue weighted by molar-refractivity contribution is 7.89. The topological polar surface area (TPSA) is 66.5 Å². The van der Waals surface area contributed by atoms with Gasteiger partial charge in [-0.1, -0.05) is 12.1 Å². The van der Waals surface area contributed by atoms with Gasteiger partial charge in [0.2, 0.25) is 10.0 Å². The zero-order valence-electron chi connectivity index (χ0n) is 15.1. The first kappa shape index (κ1) is 21.3. The molecule has 0 radical (unpaired) electrons. The Morgan fingerprint density at radius 3 is 2.17 bits per heavy atom. The summed E-state index contributed by atoms with van der Waals surface area (Å²) in [6.45, 7) is 0.453. The van der Waals surface area contributed by atoms with Crippen LogP contribution in [0.25, 0.3) is 0 Å². The van der Waals surface area contributed by atoms with Crippen LogP contribution in [0.2, 0.25) is 0 Å². The molecule has 1 aliphatic heterocycles. The van der Waals surface area contributed by atoms with Gasteiger partial charge in [-0.2, -0.15) is 13.2 Å². The van der Waals surface area contributed by atoms with E-state index in [0.717, 1.165) is 18.2 Å². The van der Waals surface area contributed by atoms with Crippen molar-refractivity contribution in [3.05, 3.63) is 65.5 Å². The minimum absolute atomic E-state index is 0.227. The highest BCUT2D eigenvalue weighted by Crippen LogP contribution is 2.34. The highest BCUT2D eigenvalue weighted by Gasteiger charge is 2.37. The summed E-state index contributed by atoms with van der Waals surface area (Å²) in [6.07, 6.45) is -4.29. The number of halogens is 4. The second kappa shape index (κ2) is 8.11. The van der Waals surface area contributed by atoms with Crippen LogP contribution in [0, 0.1) is 5.82 Å². The molecule has 1 fully saturated rings. The zero-order chi connectivity index (χ0) is 21.2. The summed E-state index contributed by atoms with van der Waals surface area (Å²) in [5.41, 5.74) is -0.916. The third-order valence-corrected chi connectivity index (χ3v) is 6.26. The minimum atomic E-state index is -4.80. The van der Waals surface area contributed by atoms with E-state index in [9.17, 15) is 30.8 Å². The molecule has 0 aliphatic carbocycles. The van der Waals surface area contributed by atoms with Crippen molar-refractivity contribution in [1.82, 2.24) is 9.62 Å². The summed E-state index contributed by atoms with van der Waals surface area (Å²) in [7, 11) is -4.38. The molecule has 1 aliphatic rings. The lowest BCUT2D eigenvalue weighted by Gasteiger charge is -2.32. The summed E-state index contributed by atoms with van der Waals surface area (Å²) in [5.74, 6) is -0.775. The molecular formula is C19H18F4N2O3S. The Kier molecular flexibility index (Phi) is 5.95. The first-order valence-corrected chi connectivity index (χ1v) is 10.3. The average Bonchev–Trinajstić information content (AvgIpc) is 2.68. The van der Waals surface area contributed by atoms with Gasteiger partial charge in [-0.05, 0) is 49.2 Å². The number of alkyl halides is 3. The van der Waals surface area contributed by atoms with Gasteiger partial charge in [0.05, 0.1) is 10.5 Å². The SMILES string of the molecule is O=C(c1ccc(F)cc1)N1CCC(NS(=O)(=O)c2ccccc2C(F)(F)F)CC1. The summed E-state index contributed by atoms with van der Waals surface area (Å²) in [5, 5.41) is 0.